The molecule has 0 aliphatic carbocycles. The van der Waals surface area contributed by atoms with Gasteiger partial charge in [0.15, 0.2) is 0 Å². The molecule has 2 rings (SSSR count). The maximum atomic E-state index is 11.4. The van der Waals surface area contributed by atoms with E-state index >= 15 is 0 Å². The fraction of sp³-hybridized carbons (Fsp3) is 0.438. The number of hydrogen-bond donors (Lipinski definition) is 3. The molecule has 5 heteroatoms. The molecule has 3 N–H and O–H groups in total. The lowest BCUT2D eigenvalue weighted by Crippen LogP contribution is -2.30. The van der Waals surface area contributed by atoms with E-state index in [-0.39, 0.29) is 12.0 Å². The third-order valence-corrected chi connectivity index (χ3v) is 4.79. The molecule has 114 valence electrons. The van der Waals surface area contributed by atoms with Gasteiger partial charge in [-0.1, -0.05) is 32.0 Å². The summed E-state index contributed by atoms with van der Waals surface area (Å²) in [6, 6.07) is 7.77. The number of aliphatic hydroxyl groups is 1. The van der Waals surface area contributed by atoms with Crippen LogP contribution in [0.1, 0.15) is 35.5 Å². The second-order valence-corrected chi connectivity index (χ2v) is 7.00. The fourth-order valence-corrected chi connectivity index (χ4v) is 3.42. The molecule has 0 atom stereocenters. The standard InChI is InChI=1S/C16H21NO3S/c1-16(2,7-8-18)10-17-9-12-11-5-3-4-6-13(11)21-14(12)15(19)20/h3-6,17-18H,7-10H2,1-2H3,(H,19,20). The molecule has 21 heavy (non-hydrogen) atoms. The second-order valence-electron chi connectivity index (χ2n) is 5.95. The maximum Gasteiger partial charge on any atom is 0.346 e. The monoisotopic (exact) mass is 307 g/mol. The summed E-state index contributed by atoms with van der Waals surface area (Å²) in [5, 5.41) is 22.7. The number of nitrogens with one attached hydrogen (secondary N) is 1. The summed E-state index contributed by atoms with van der Waals surface area (Å²) in [4.78, 5) is 11.8. The molecule has 0 radical (unpaired) electrons. The molecule has 0 unspecified atom stereocenters. The van der Waals surface area contributed by atoms with Gasteiger partial charge in [-0.05, 0) is 28.9 Å². The average molecular weight is 307 g/mol. The van der Waals surface area contributed by atoms with Crippen LogP contribution in [0, 0.1) is 5.41 Å². The van der Waals surface area contributed by atoms with Crippen molar-refractivity contribution >= 4 is 27.4 Å². The average Bonchev–Trinajstić information content (AvgIpc) is 2.78. The van der Waals surface area contributed by atoms with E-state index in [9.17, 15) is 9.90 Å². The first kappa shape index (κ1) is 15.9. The summed E-state index contributed by atoms with van der Waals surface area (Å²) in [5.74, 6) is -0.873. The Morgan fingerprint density at radius 1 is 1.33 bits per heavy atom. The Bertz CT molecular complexity index is 633. The van der Waals surface area contributed by atoms with E-state index in [1.54, 1.807) is 0 Å². The van der Waals surface area contributed by atoms with E-state index < -0.39 is 5.97 Å². The highest BCUT2D eigenvalue weighted by Gasteiger charge is 2.20. The second kappa shape index (κ2) is 6.56. The number of carboxylic acid groups (broad SMARTS) is 1. The lowest BCUT2D eigenvalue weighted by atomic mass is 9.89. The summed E-state index contributed by atoms with van der Waals surface area (Å²) in [5.41, 5.74) is 0.840. The summed E-state index contributed by atoms with van der Waals surface area (Å²) < 4.78 is 1.00. The lowest BCUT2D eigenvalue weighted by molar-refractivity contribution is 0.0701. The predicted molar refractivity (Wildman–Crippen MR) is 86.0 cm³/mol. The first-order chi connectivity index (χ1) is 9.94. The third kappa shape index (κ3) is 3.81. The number of rotatable bonds is 7. The Balaban J connectivity index is 2.17. The molecule has 1 heterocycles. The molecule has 0 amide bonds. The van der Waals surface area contributed by atoms with Crippen LogP contribution >= 0.6 is 11.3 Å². The molecule has 0 aliphatic heterocycles. The number of hydrogen-bond acceptors (Lipinski definition) is 4. The molecule has 0 spiro atoms. The van der Waals surface area contributed by atoms with Crippen LogP contribution < -0.4 is 5.32 Å². The molecular formula is C16H21NO3S. The smallest absolute Gasteiger partial charge is 0.346 e. The van der Waals surface area contributed by atoms with E-state index in [0.29, 0.717) is 11.4 Å². The van der Waals surface area contributed by atoms with Crippen LogP contribution in [0.15, 0.2) is 24.3 Å². The van der Waals surface area contributed by atoms with Crippen molar-refractivity contribution in [2.24, 2.45) is 5.41 Å². The van der Waals surface area contributed by atoms with E-state index in [0.717, 1.165) is 28.6 Å². The molecule has 4 nitrogen and oxygen atoms in total. The number of thiophene rings is 1. The normalized spacial score (nSPS) is 12.0. The van der Waals surface area contributed by atoms with Gasteiger partial charge in [0.25, 0.3) is 0 Å². The van der Waals surface area contributed by atoms with Gasteiger partial charge < -0.3 is 15.5 Å². The molecule has 1 aromatic carbocycles. The fourth-order valence-electron chi connectivity index (χ4n) is 2.36. The molecular weight excluding hydrogens is 286 g/mol. The van der Waals surface area contributed by atoms with Crippen molar-refractivity contribution in [3.63, 3.8) is 0 Å². The number of carbonyl (C=O) groups is 1. The minimum atomic E-state index is -0.873. The highest BCUT2D eigenvalue weighted by atomic mass is 32.1. The zero-order valence-corrected chi connectivity index (χ0v) is 13.2. The first-order valence-corrected chi connectivity index (χ1v) is 7.81. The van der Waals surface area contributed by atoms with Crippen molar-refractivity contribution in [3.8, 4) is 0 Å². The number of aromatic carboxylic acids is 1. The van der Waals surface area contributed by atoms with Crippen LogP contribution in [0.4, 0.5) is 0 Å². The SMILES string of the molecule is CC(C)(CCO)CNCc1c(C(=O)O)sc2ccccc12. The number of fused-ring (bicyclic) bond motifs is 1. The predicted octanol–water partition coefficient (Wildman–Crippen LogP) is 3.10. The van der Waals surface area contributed by atoms with Gasteiger partial charge in [-0.3, -0.25) is 0 Å². The summed E-state index contributed by atoms with van der Waals surface area (Å²) in [6.45, 7) is 5.59. The van der Waals surface area contributed by atoms with Crippen molar-refractivity contribution in [2.75, 3.05) is 13.2 Å². The topological polar surface area (TPSA) is 69.6 Å². The zero-order valence-electron chi connectivity index (χ0n) is 12.3. The van der Waals surface area contributed by atoms with Crippen LogP contribution in [0.2, 0.25) is 0 Å². The van der Waals surface area contributed by atoms with Crippen LogP contribution in [0.5, 0.6) is 0 Å². The minimum Gasteiger partial charge on any atom is -0.477 e. The molecule has 0 aliphatic rings. The van der Waals surface area contributed by atoms with E-state index in [1.165, 1.54) is 11.3 Å². The van der Waals surface area contributed by atoms with Gasteiger partial charge in [0, 0.05) is 24.4 Å². The van der Waals surface area contributed by atoms with Gasteiger partial charge in [0.2, 0.25) is 0 Å². The largest absolute Gasteiger partial charge is 0.477 e. The van der Waals surface area contributed by atoms with Crippen molar-refractivity contribution < 1.29 is 15.0 Å². The minimum absolute atomic E-state index is 0.00996. The Morgan fingerprint density at radius 2 is 2.05 bits per heavy atom. The van der Waals surface area contributed by atoms with Gasteiger partial charge in [-0.2, -0.15) is 0 Å². The van der Waals surface area contributed by atoms with Gasteiger partial charge in [0.1, 0.15) is 4.88 Å². The highest BCUT2D eigenvalue weighted by Crippen LogP contribution is 2.31. The number of carboxylic acids is 1. The van der Waals surface area contributed by atoms with Gasteiger partial charge >= 0.3 is 5.97 Å². The van der Waals surface area contributed by atoms with Gasteiger partial charge in [-0.25, -0.2) is 4.79 Å². The Hall–Kier alpha value is -1.43. The Labute approximate surface area is 128 Å². The van der Waals surface area contributed by atoms with Crippen molar-refractivity contribution in [3.05, 3.63) is 34.7 Å². The van der Waals surface area contributed by atoms with Crippen LogP contribution in [-0.2, 0) is 6.54 Å². The van der Waals surface area contributed by atoms with Crippen LogP contribution in [0.25, 0.3) is 10.1 Å². The Morgan fingerprint density at radius 3 is 2.71 bits per heavy atom. The number of aliphatic hydroxyl groups excluding tert-OH is 1. The highest BCUT2D eigenvalue weighted by molar-refractivity contribution is 7.21. The summed E-state index contributed by atoms with van der Waals surface area (Å²) in [7, 11) is 0. The molecule has 0 fully saturated rings. The van der Waals surface area contributed by atoms with Crippen LogP contribution in [0.3, 0.4) is 0 Å². The molecule has 2 aromatic rings. The summed E-state index contributed by atoms with van der Waals surface area (Å²) >= 11 is 1.32. The molecule has 0 bridgehead atoms. The van der Waals surface area contributed by atoms with Gasteiger partial charge in [0.05, 0.1) is 0 Å². The maximum absolute atomic E-state index is 11.4. The zero-order chi connectivity index (χ0) is 15.5. The molecule has 0 saturated heterocycles. The molecule has 1 aromatic heterocycles. The van der Waals surface area contributed by atoms with Crippen molar-refractivity contribution in [1.29, 1.82) is 0 Å². The quantitative estimate of drug-likeness (QED) is 0.735. The third-order valence-electron chi connectivity index (χ3n) is 3.59. The van der Waals surface area contributed by atoms with Crippen molar-refractivity contribution in [1.82, 2.24) is 5.32 Å². The first-order valence-electron chi connectivity index (χ1n) is 7.00. The van der Waals surface area contributed by atoms with E-state index in [2.05, 4.69) is 19.2 Å². The lowest BCUT2D eigenvalue weighted by Gasteiger charge is -2.24. The van der Waals surface area contributed by atoms with Crippen LogP contribution in [-0.4, -0.2) is 29.3 Å². The van der Waals surface area contributed by atoms with Crippen molar-refractivity contribution in [2.45, 2.75) is 26.8 Å². The number of benzene rings is 1. The van der Waals surface area contributed by atoms with Gasteiger partial charge in [-0.15, -0.1) is 11.3 Å². The molecule has 0 saturated carbocycles. The van der Waals surface area contributed by atoms with E-state index in [4.69, 9.17) is 5.11 Å². The Kier molecular flexibility index (Phi) is 4.98. The van der Waals surface area contributed by atoms with E-state index in [1.807, 2.05) is 24.3 Å². The summed E-state index contributed by atoms with van der Waals surface area (Å²) in [6.07, 6.45) is 0.718.